The van der Waals surface area contributed by atoms with E-state index in [1.165, 1.54) is 0 Å². The van der Waals surface area contributed by atoms with Gasteiger partial charge < -0.3 is 9.84 Å². The number of aliphatic hydroxyl groups excluding tert-OH is 1. The van der Waals surface area contributed by atoms with Crippen LogP contribution >= 0.6 is 0 Å². The number of rotatable bonds is 0. The molecule has 0 bridgehead atoms. The Morgan fingerprint density at radius 1 is 1.36 bits per heavy atom. The average Bonchev–Trinajstić information content (AvgIpc) is 2.14. The Labute approximate surface area is 82.3 Å². The van der Waals surface area contributed by atoms with Crippen LogP contribution in [0.4, 0.5) is 0 Å². The molecule has 2 rings (SSSR count). The molecule has 0 radical (unpaired) electrons. The fourth-order valence-corrected chi connectivity index (χ4v) is 1.56. The van der Waals surface area contributed by atoms with Gasteiger partial charge in [-0.05, 0) is 26.0 Å². The highest BCUT2D eigenvalue weighted by Crippen LogP contribution is 2.32. The van der Waals surface area contributed by atoms with Crippen molar-refractivity contribution < 1.29 is 14.6 Å². The number of ketones is 1. The molecule has 0 aliphatic carbocycles. The molecule has 0 spiro atoms. The summed E-state index contributed by atoms with van der Waals surface area (Å²) in [6.07, 6.45) is -1.09. The second kappa shape index (κ2) is 2.82. The molecule has 14 heavy (non-hydrogen) atoms. The lowest BCUT2D eigenvalue weighted by Crippen LogP contribution is -2.50. The zero-order valence-electron chi connectivity index (χ0n) is 8.15. The molecule has 3 heteroatoms. The van der Waals surface area contributed by atoms with Crippen LogP contribution in [0.3, 0.4) is 0 Å². The minimum absolute atomic E-state index is 0.267. The third-order valence-corrected chi connectivity index (χ3v) is 2.43. The summed E-state index contributed by atoms with van der Waals surface area (Å²) in [4.78, 5) is 11.7. The number of Topliss-reactive ketones (excluding diaryl/α,β-unsaturated/α-hetero) is 1. The van der Waals surface area contributed by atoms with Crippen molar-refractivity contribution in [2.75, 3.05) is 0 Å². The SMILES string of the molecule is CC1(C)Oc2ccccc2C(=O)C1O. The van der Waals surface area contributed by atoms with Crippen molar-refractivity contribution in [3.8, 4) is 5.75 Å². The van der Waals surface area contributed by atoms with E-state index in [2.05, 4.69) is 0 Å². The lowest BCUT2D eigenvalue weighted by atomic mass is 9.90. The molecular formula is C11H12O3. The normalized spacial score (nSPS) is 23.9. The molecule has 0 saturated carbocycles. The van der Waals surface area contributed by atoms with Gasteiger partial charge in [0.2, 0.25) is 0 Å². The van der Waals surface area contributed by atoms with Gasteiger partial charge in [0.15, 0.2) is 11.9 Å². The van der Waals surface area contributed by atoms with E-state index in [1.54, 1.807) is 38.1 Å². The Kier molecular flexibility index (Phi) is 1.86. The zero-order chi connectivity index (χ0) is 10.3. The molecule has 0 fully saturated rings. The molecule has 0 saturated heterocycles. The molecule has 1 aliphatic heterocycles. The van der Waals surface area contributed by atoms with Crippen LogP contribution in [-0.4, -0.2) is 22.6 Å². The number of carbonyl (C=O) groups excluding carboxylic acids is 1. The van der Waals surface area contributed by atoms with Gasteiger partial charge >= 0.3 is 0 Å². The molecule has 1 atom stereocenters. The van der Waals surface area contributed by atoms with E-state index < -0.39 is 11.7 Å². The first-order chi connectivity index (χ1) is 6.52. The van der Waals surface area contributed by atoms with E-state index in [9.17, 15) is 9.90 Å². The summed E-state index contributed by atoms with van der Waals surface area (Å²) in [7, 11) is 0. The Morgan fingerprint density at radius 2 is 2.00 bits per heavy atom. The van der Waals surface area contributed by atoms with Gasteiger partial charge in [-0.1, -0.05) is 12.1 Å². The van der Waals surface area contributed by atoms with Crippen LogP contribution < -0.4 is 4.74 Å². The number of benzene rings is 1. The molecule has 1 heterocycles. The van der Waals surface area contributed by atoms with Crippen molar-refractivity contribution in [2.24, 2.45) is 0 Å². The predicted octanol–water partition coefficient (Wildman–Crippen LogP) is 1.40. The highest BCUT2D eigenvalue weighted by Gasteiger charge is 2.41. The number of ether oxygens (including phenoxy) is 1. The first-order valence-corrected chi connectivity index (χ1v) is 4.53. The van der Waals surface area contributed by atoms with Gasteiger partial charge in [-0.25, -0.2) is 0 Å². The first kappa shape index (κ1) is 9.21. The van der Waals surface area contributed by atoms with Crippen molar-refractivity contribution in [2.45, 2.75) is 25.6 Å². The standard InChI is InChI=1S/C11H12O3/c1-11(2)10(13)9(12)7-5-3-4-6-8(7)14-11/h3-6,10,13H,1-2H3. The van der Waals surface area contributed by atoms with E-state index in [1.807, 2.05) is 0 Å². The minimum atomic E-state index is -1.09. The molecule has 0 aromatic heterocycles. The summed E-state index contributed by atoms with van der Waals surface area (Å²) in [5, 5.41) is 9.68. The summed E-state index contributed by atoms with van der Waals surface area (Å²) in [5.74, 6) is 0.282. The van der Waals surface area contributed by atoms with Crippen LogP contribution in [-0.2, 0) is 0 Å². The maximum absolute atomic E-state index is 11.7. The Morgan fingerprint density at radius 3 is 2.71 bits per heavy atom. The first-order valence-electron chi connectivity index (χ1n) is 4.53. The van der Waals surface area contributed by atoms with E-state index in [-0.39, 0.29) is 5.78 Å². The number of para-hydroxylation sites is 1. The maximum atomic E-state index is 11.7. The van der Waals surface area contributed by atoms with Gasteiger partial charge in [-0.2, -0.15) is 0 Å². The average molecular weight is 192 g/mol. The van der Waals surface area contributed by atoms with Crippen LogP contribution in [0.1, 0.15) is 24.2 Å². The maximum Gasteiger partial charge on any atom is 0.199 e. The fraction of sp³-hybridized carbons (Fsp3) is 0.364. The number of aliphatic hydroxyl groups is 1. The topological polar surface area (TPSA) is 46.5 Å². The van der Waals surface area contributed by atoms with Crippen molar-refractivity contribution >= 4 is 5.78 Å². The quantitative estimate of drug-likeness (QED) is 0.675. The zero-order valence-corrected chi connectivity index (χ0v) is 8.15. The van der Waals surface area contributed by atoms with E-state index in [0.29, 0.717) is 11.3 Å². The van der Waals surface area contributed by atoms with Crippen LogP contribution in [0.5, 0.6) is 5.75 Å². The second-order valence-corrected chi connectivity index (χ2v) is 3.97. The summed E-state index contributed by atoms with van der Waals surface area (Å²) in [5.41, 5.74) is -0.384. The summed E-state index contributed by atoms with van der Waals surface area (Å²) in [6, 6.07) is 6.96. The number of fused-ring (bicyclic) bond motifs is 1. The van der Waals surface area contributed by atoms with Crippen molar-refractivity contribution in [3.05, 3.63) is 29.8 Å². The van der Waals surface area contributed by atoms with Crippen LogP contribution in [0.2, 0.25) is 0 Å². The summed E-state index contributed by atoms with van der Waals surface area (Å²) < 4.78 is 5.53. The Bertz CT molecular complexity index is 382. The third-order valence-electron chi connectivity index (χ3n) is 2.43. The molecule has 1 aromatic rings. The molecule has 1 aromatic carbocycles. The highest BCUT2D eigenvalue weighted by molar-refractivity contribution is 6.03. The second-order valence-electron chi connectivity index (χ2n) is 3.97. The molecular weight excluding hydrogens is 180 g/mol. The van der Waals surface area contributed by atoms with Gasteiger partial charge in [0, 0.05) is 0 Å². The molecule has 0 amide bonds. The van der Waals surface area contributed by atoms with Crippen molar-refractivity contribution in [3.63, 3.8) is 0 Å². The third kappa shape index (κ3) is 1.21. The monoisotopic (exact) mass is 192 g/mol. The minimum Gasteiger partial charge on any atom is -0.484 e. The van der Waals surface area contributed by atoms with E-state index in [0.717, 1.165) is 0 Å². The lowest BCUT2D eigenvalue weighted by molar-refractivity contribution is -0.0249. The molecule has 3 nitrogen and oxygen atoms in total. The van der Waals surface area contributed by atoms with Crippen LogP contribution in [0, 0.1) is 0 Å². The molecule has 1 unspecified atom stereocenters. The predicted molar refractivity (Wildman–Crippen MR) is 51.5 cm³/mol. The molecule has 1 N–H and O–H groups in total. The number of hydrogen-bond acceptors (Lipinski definition) is 3. The van der Waals surface area contributed by atoms with Crippen LogP contribution in [0.25, 0.3) is 0 Å². The molecule has 74 valence electrons. The van der Waals surface area contributed by atoms with Crippen LogP contribution in [0.15, 0.2) is 24.3 Å². The lowest BCUT2D eigenvalue weighted by Gasteiger charge is -2.35. The van der Waals surface area contributed by atoms with E-state index in [4.69, 9.17) is 4.74 Å². The Balaban J connectivity index is 2.54. The fourth-order valence-electron chi connectivity index (χ4n) is 1.56. The van der Waals surface area contributed by atoms with Crippen molar-refractivity contribution in [1.29, 1.82) is 0 Å². The van der Waals surface area contributed by atoms with Gasteiger partial charge in [0.1, 0.15) is 11.4 Å². The number of carbonyl (C=O) groups is 1. The smallest absolute Gasteiger partial charge is 0.199 e. The van der Waals surface area contributed by atoms with Gasteiger partial charge in [-0.3, -0.25) is 4.79 Å². The van der Waals surface area contributed by atoms with E-state index >= 15 is 0 Å². The summed E-state index contributed by atoms with van der Waals surface area (Å²) in [6.45, 7) is 3.40. The summed E-state index contributed by atoms with van der Waals surface area (Å²) >= 11 is 0. The van der Waals surface area contributed by atoms with Gasteiger partial charge in [0.25, 0.3) is 0 Å². The van der Waals surface area contributed by atoms with Gasteiger partial charge in [0.05, 0.1) is 5.56 Å². The highest BCUT2D eigenvalue weighted by atomic mass is 16.5. The number of hydrogen-bond donors (Lipinski definition) is 1. The molecule has 1 aliphatic rings. The van der Waals surface area contributed by atoms with Gasteiger partial charge in [-0.15, -0.1) is 0 Å². The van der Waals surface area contributed by atoms with Crippen molar-refractivity contribution in [1.82, 2.24) is 0 Å². The Hall–Kier alpha value is -1.35. The largest absolute Gasteiger partial charge is 0.484 e.